The highest BCUT2D eigenvalue weighted by molar-refractivity contribution is 5.70. The molecule has 2 aliphatic rings. The van der Waals surface area contributed by atoms with Crippen molar-refractivity contribution >= 4 is 5.97 Å². The molecule has 2 aromatic rings. The summed E-state index contributed by atoms with van der Waals surface area (Å²) in [6, 6.07) is 14.2. The number of aromatic nitrogens is 1. The number of hydrogen-bond acceptors (Lipinski definition) is 4. The lowest BCUT2D eigenvalue weighted by molar-refractivity contribution is -0.143. The molecule has 0 amide bonds. The molecule has 4 rings (SSSR count). The third kappa shape index (κ3) is 3.62. The monoisotopic (exact) mass is 366 g/mol. The number of carbonyl (C=O) groups is 1. The Hall–Kier alpha value is -2.24. The average molecular weight is 366 g/mol. The lowest BCUT2D eigenvalue weighted by atomic mass is 9.83. The van der Waals surface area contributed by atoms with E-state index in [2.05, 4.69) is 41.1 Å². The number of pyridine rings is 1. The van der Waals surface area contributed by atoms with Crippen LogP contribution in [-0.4, -0.2) is 40.6 Å². The van der Waals surface area contributed by atoms with E-state index in [0.717, 1.165) is 31.6 Å². The highest BCUT2D eigenvalue weighted by Gasteiger charge is 2.45. The Labute approximate surface area is 160 Å². The molecule has 1 N–H and O–H groups in total. The van der Waals surface area contributed by atoms with E-state index in [9.17, 15) is 9.90 Å². The summed E-state index contributed by atoms with van der Waals surface area (Å²) in [6.07, 6.45) is 4.13. The largest absolute Gasteiger partial charge is 0.481 e. The van der Waals surface area contributed by atoms with Crippen LogP contribution in [0.5, 0.6) is 0 Å². The fraction of sp³-hybridized carbons (Fsp3) is 0.455. The summed E-state index contributed by atoms with van der Waals surface area (Å²) in [7, 11) is 0. The van der Waals surface area contributed by atoms with Crippen LogP contribution in [0.1, 0.15) is 42.7 Å². The third-order valence-electron chi connectivity index (χ3n) is 5.97. The predicted octanol–water partition coefficient (Wildman–Crippen LogP) is 3.41. The van der Waals surface area contributed by atoms with Gasteiger partial charge in [0.1, 0.15) is 0 Å². The van der Waals surface area contributed by atoms with Gasteiger partial charge < -0.3 is 14.7 Å². The van der Waals surface area contributed by atoms with E-state index in [1.807, 2.05) is 18.2 Å². The van der Waals surface area contributed by atoms with Crippen molar-refractivity contribution in [3.63, 3.8) is 0 Å². The van der Waals surface area contributed by atoms with Gasteiger partial charge in [-0.1, -0.05) is 30.3 Å². The highest BCUT2D eigenvalue weighted by atomic mass is 16.5. The van der Waals surface area contributed by atoms with Crippen molar-refractivity contribution in [1.82, 2.24) is 9.88 Å². The summed E-state index contributed by atoms with van der Waals surface area (Å²) in [5.41, 5.74) is 3.25. The first-order chi connectivity index (χ1) is 13.1. The number of benzene rings is 1. The van der Waals surface area contributed by atoms with E-state index in [1.54, 1.807) is 6.20 Å². The lowest BCUT2D eigenvalue weighted by Gasteiger charge is -2.40. The van der Waals surface area contributed by atoms with E-state index in [4.69, 9.17) is 4.74 Å². The summed E-state index contributed by atoms with van der Waals surface area (Å²) < 4.78 is 6.40. The van der Waals surface area contributed by atoms with Crippen molar-refractivity contribution in [2.45, 2.75) is 37.9 Å². The maximum Gasteiger partial charge on any atom is 0.308 e. The molecule has 0 bridgehead atoms. The number of carboxylic acids is 1. The molecule has 0 radical (unpaired) electrons. The molecule has 1 spiro atoms. The second-order valence-electron chi connectivity index (χ2n) is 7.70. The van der Waals surface area contributed by atoms with Gasteiger partial charge in [-0.15, -0.1) is 0 Å². The Bertz CT molecular complexity index is 800. The van der Waals surface area contributed by atoms with Gasteiger partial charge in [0.15, 0.2) is 0 Å². The van der Waals surface area contributed by atoms with Crippen molar-refractivity contribution in [3.8, 4) is 0 Å². The van der Waals surface area contributed by atoms with Crippen LogP contribution in [0.3, 0.4) is 0 Å². The van der Waals surface area contributed by atoms with Crippen LogP contribution in [0, 0.1) is 5.92 Å². The van der Waals surface area contributed by atoms with E-state index in [0.29, 0.717) is 13.0 Å². The number of rotatable bonds is 5. The fourth-order valence-corrected chi connectivity index (χ4v) is 4.53. The van der Waals surface area contributed by atoms with Crippen LogP contribution in [0.2, 0.25) is 0 Å². The van der Waals surface area contributed by atoms with Crippen LogP contribution < -0.4 is 0 Å². The topological polar surface area (TPSA) is 62.7 Å². The fourth-order valence-electron chi connectivity index (χ4n) is 4.53. The van der Waals surface area contributed by atoms with Gasteiger partial charge in [0.25, 0.3) is 0 Å². The summed E-state index contributed by atoms with van der Waals surface area (Å²) in [6.45, 7) is 4.38. The number of hydrogen-bond donors (Lipinski definition) is 1. The molecule has 1 aromatic carbocycles. The molecule has 5 heteroatoms. The molecule has 5 nitrogen and oxygen atoms in total. The van der Waals surface area contributed by atoms with Crippen LogP contribution in [0.25, 0.3) is 0 Å². The number of ether oxygens (including phenoxy) is 1. The summed E-state index contributed by atoms with van der Waals surface area (Å²) in [5, 5.41) is 9.66. The first kappa shape index (κ1) is 18.1. The third-order valence-corrected chi connectivity index (χ3v) is 5.97. The molecule has 2 unspecified atom stereocenters. The number of likely N-dealkylation sites (tertiary alicyclic amines) is 1. The van der Waals surface area contributed by atoms with E-state index in [1.165, 1.54) is 11.1 Å². The summed E-state index contributed by atoms with van der Waals surface area (Å²) >= 11 is 0. The van der Waals surface area contributed by atoms with Gasteiger partial charge in [-0.3, -0.25) is 9.78 Å². The molecular weight excluding hydrogens is 340 g/mol. The minimum Gasteiger partial charge on any atom is -0.481 e. The minimum atomic E-state index is -0.753. The zero-order valence-electron chi connectivity index (χ0n) is 15.7. The molecule has 0 saturated carbocycles. The van der Waals surface area contributed by atoms with Gasteiger partial charge in [0.2, 0.25) is 0 Å². The van der Waals surface area contributed by atoms with Crippen molar-refractivity contribution < 1.29 is 14.6 Å². The maximum atomic E-state index is 11.8. The van der Waals surface area contributed by atoms with Crippen molar-refractivity contribution in [2.24, 2.45) is 5.92 Å². The van der Waals surface area contributed by atoms with Crippen LogP contribution in [0.15, 0.2) is 48.7 Å². The number of piperidine rings is 1. The van der Waals surface area contributed by atoms with E-state index >= 15 is 0 Å². The van der Waals surface area contributed by atoms with Crippen molar-refractivity contribution in [2.75, 3.05) is 19.6 Å². The summed E-state index contributed by atoms with van der Waals surface area (Å²) in [4.78, 5) is 18.3. The normalized spacial score (nSPS) is 22.5. The van der Waals surface area contributed by atoms with Crippen molar-refractivity contribution in [1.29, 1.82) is 0 Å². The molecule has 1 fully saturated rings. The molecule has 0 aliphatic carbocycles. The Balaban J connectivity index is 1.41. The lowest BCUT2D eigenvalue weighted by Crippen LogP contribution is -2.45. The van der Waals surface area contributed by atoms with Crippen LogP contribution in [0.4, 0.5) is 0 Å². The standard InChI is InChI=1S/C22H26N2O3/c1-16-19-7-2-3-8-20(19)22(27-16)9-12-24(13-10-22)15-17(21(25)26)14-18-6-4-5-11-23-18/h2-8,11,16-17H,9-10,12-15H2,1H3,(H,25,26). The smallest absolute Gasteiger partial charge is 0.308 e. The molecule has 1 aromatic heterocycles. The highest BCUT2D eigenvalue weighted by Crippen LogP contribution is 2.49. The Morgan fingerprint density at radius 3 is 2.70 bits per heavy atom. The molecule has 2 atom stereocenters. The molecule has 3 heterocycles. The first-order valence-corrected chi connectivity index (χ1v) is 9.70. The van der Waals surface area contributed by atoms with Crippen molar-refractivity contribution in [3.05, 3.63) is 65.5 Å². The van der Waals surface area contributed by atoms with E-state index < -0.39 is 11.9 Å². The first-order valence-electron chi connectivity index (χ1n) is 9.70. The predicted molar refractivity (Wildman–Crippen MR) is 102 cm³/mol. The van der Waals surface area contributed by atoms with Gasteiger partial charge >= 0.3 is 5.97 Å². The van der Waals surface area contributed by atoms with Crippen LogP contribution in [-0.2, 0) is 21.6 Å². The second-order valence-corrected chi connectivity index (χ2v) is 7.70. The minimum absolute atomic E-state index is 0.128. The molecule has 1 saturated heterocycles. The maximum absolute atomic E-state index is 11.8. The van der Waals surface area contributed by atoms with Gasteiger partial charge in [0, 0.05) is 37.9 Å². The van der Waals surface area contributed by atoms with E-state index in [-0.39, 0.29) is 11.7 Å². The zero-order chi connectivity index (χ0) is 18.9. The summed E-state index contributed by atoms with van der Waals surface area (Å²) in [5.74, 6) is -1.19. The Morgan fingerprint density at radius 1 is 1.26 bits per heavy atom. The molecular formula is C22H26N2O3. The molecule has 27 heavy (non-hydrogen) atoms. The van der Waals surface area contributed by atoms with Gasteiger partial charge in [-0.05, 0) is 43.0 Å². The zero-order valence-corrected chi connectivity index (χ0v) is 15.7. The molecule has 142 valence electrons. The number of aliphatic carboxylic acids is 1. The number of nitrogens with zero attached hydrogens (tertiary/aromatic N) is 2. The number of fused-ring (bicyclic) bond motifs is 2. The van der Waals surface area contributed by atoms with Gasteiger partial charge in [-0.2, -0.15) is 0 Å². The Kier molecular flexibility index (Phi) is 4.98. The van der Waals surface area contributed by atoms with Gasteiger partial charge in [0.05, 0.1) is 17.6 Å². The SMILES string of the molecule is CC1OC2(CCN(CC(Cc3ccccn3)C(=O)O)CC2)c2ccccc21. The van der Waals surface area contributed by atoms with Crippen LogP contribution >= 0.6 is 0 Å². The quantitative estimate of drug-likeness (QED) is 0.879. The second kappa shape index (κ2) is 7.41. The number of carboxylic acid groups (broad SMARTS) is 1. The van der Waals surface area contributed by atoms with Gasteiger partial charge in [-0.25, -0.2) is 0 Å². The molecule has 2 aliphatic heterocycles. The average Bonchev–Trinajstić information content (AvgIpc) is 2.96. The Morgan fingerprint density at radius 2 is 2.00 bits per heavy atom.